The average Bonchev–Trinajstić information content (AvgIpc) is 2.97. The van der Waals surface area contributed by atoms with Gasteiger partial charge in [0.15, 0.2) is 0 Å². The van der Waals surface area contributed by atoms with Gasteiger partial charge in [0.25, 0.3) is 0 Å². The van der Waals surface area contributed by atoms with Gasteiger partial charge in [-0.25, -0.2) is 9.37 Å². The zero-order valence-corrected chi connectivity index (χ0v) is 11.7. The highest BCUT2D eigenvalue weighted by atomic mass is 19.1. The molecule has 2 aromatic heterocycles. The van der Waals surface area contributed by atoms with Crippen LogP contribution in [0.1, 0.15) is 19.3 Å². The molecule has 2 fully saturated rings. The number of fused-ring (bicyclic) bond motifs is 2. The van der Waals surface area contributed by atoms with Crippen LogP contribution in [-0.4, -0.2) is 28.7 Å². The average molecular weight is 281 g/mol. The van der Waals surface area contributed by atoms with E-state index < -0.39 is 11.1 Å². The largest absolute Gasteiger partial charge is 0.352 e. The van der Waals surface area contributed by atoms with Gasteiger partial charge in [-0.1, -0.05) is 5.92 Å². The number of pyridine rings is 2. The molecule has 1 saturated carbocycles. The molecule has 4 rings (SSSR count). The number of anilines is 1. The highest BCUT2D eigenvalue weighted by Crippen LogP contribution is 2.54. The Hall–Kier alpha value is -2.15. The monoisotopic (exact) mass is 281 g/mol. The molecule has 3 heterocycles. The summed E-state index contributed by atoms with van der Waals surface area (Å²) in [7, 11) is 0. The van der Waals surface area contributed by atoms with Crippen molar-refractivity contribution in [1.29, 1.82) is 0 Å². The molecular formula is C17H16FN3. The Morgan fingerprint density at radius 2 is 2.10 bits per heavy atom. The normalized spacial score (nSPS) is 31.3. The molecule has 21 heavy (non-hydrogen) atoms. The van der Waals surface area contributed by atoms with Crippen molar-refractivity contribution in [3.05, 3.63) is 30.5 Å². The quantitative estimate of drug-likeness (QED) is 0.753. The summed E-state index contributed by atoms with van der Waals surface area (Å²) in [5.74, 6) is 3.55. The summed E-state index contributed by atoms with van der Waals surface area (Å²) in [5, 5.41) is 0. The van der Waals surface area contributed by atoms with Gasteiger partial charge in [0.05, 0.1) is 23.0 Å². The van der Waals surface area contributed by atoms with Crippen molar-refractivity contribution in [1.82, 2.24) is 9.97 Å². The van der Waals surface area contributed by atoms with Gasteiger partial charge in [-0.15, -0.1) is 6.42 Å². The van der Waals surface area contributed by atoms with Gasteiger partial charge in [0, 0.05) is 12.7 Å². The molecule has 0 N–H and O–H groups in total. The van der Waals surface area contributed by atoms with E-state index in [1.54, 1.807) is 6.20 Å². The first-order valence-electron chi connectivity index (χ1n) is 7.29. The zero-order chi connectivity index (χ0) is 14.5. The molecule has 0 spiro atoms. The minimum atomic E-state index is -1.27. The highest BCUT2D eigenvalue weighted by Gasteiger charge is 2.61. The summed E-state index contributed by atoms with van der Waals surface area (Å²) in [6, 6.07) is 7.62. The first-order valence-corrected chi connectivity index (χ1v) is 7.29. The van der Waals surface area contributed by atoms with Crippen LogP contribution in [0.4, 0.5) is 10.2 Å². The number of hydrogen-bond donors (Lipinski definition) is 0. The molecule has 0 radical (unpaired) electrons. The van der Waals surface area contributed by atoms with Crippen LogP contribution < -0.4 is 4.90 Å². The molecule has 2 atom stereocenters. The number of hydrogen-bond acceptors (Lipinski definition) is 3. The van der Waals surface area contributed by atoms with Crippen LogP contribution in [0.3, 0.4) is 0 Å². The molecule has 106 valence electrons. The number of halogens is 1. The maximum atomic E-state index is 15.2. The summed E-state index contributed by atoms with van der Waals surface area (Å²) >= 11 is 0. The Morgan fingerprint density at radius 3 is 2.90 bits per heavy atom. The van der Waals surface area contributed by atoms with Gasteiger partial charge >= 0.3 is 0 Å². The minimum absolute atomic E-state index is 0.343. The lowest BCUT2D eigenvalue weighted by atomic mass is 9.79. The lowest BCUT2D eigenvalue weighted by Crippen LogP contribution is -2.37. The third-order valence-electron chi connectivity index (χ3n) is 4.98. The van der Waals surface area contributed by atoms with Gasteiger partial charge < -0.3 is 4.90 Å². The van der Waals surface area contributed by atoms with Crippen molar-refractivity contribution < 1.29 is 4.39 Å². The van der Waals surface area contributed by atoms with Gasteiger partial charge in [-0.2, -0.15) is 0 Å². The lowest BCUT2D eigenvalue weighted by molar-refractivity contribution is 0.116. The summed E-state index contributed by atoms with van der Waals surface area (Å²) < 4.78 is 15.2. The van der Waals surface area contributed by atoms with E-state index in [2.05, 4.69) is 15.9 Å². The molecule has 1 aliphatic carbocycles. The van der Waals surface area contributed by atoms with Crippen LogP contribution >= 0.6 is 0 Å². The molecule has 0 bridgehead atoms. The molecular weight excluding hydrogens is 265 g/mol. The van der Waals surface area contributed by atoms with E-state index in [1.165, 1.54) is 0 Å². The van der Waals surface area contributed by atoms with E-state index >= 15 is 4.39 Å². The Morgan fingerprint density at radius 1 is 1.19 bits per heavy atom. The van der Waals surface area contributed by atoms with E-state index in [0.29, 0.717) is 19.5 Å². The van der Waals surface area contributed by atoms with Crippen molar-refractivity contribution in [3.8, 4) is 12.3 Å². The second-order valence-corrected chi connectivity index (χ2v) is 6.11. The van der Waals surface area contributed by atoms with Gasteiger partial charge in [0.2, 0.25) is 0 Å². The van der Waals surface area contributed by atoms with Crippen molar-refractivity contribution in [3.63, 3.8) is 0 Å². The second-order valence-electron chi connectivity index (χ2n) is 6.11. The van der Waals surface area contributed by atoms with Crippen LogP contribution in [-0.2, 0) is 0 Å². The smallest absolute Gasteiger partial charge is 0.146 e. The molecule has 4 heteroatoms. The van der Waals surface area contributed by atoms with Gasteiger partial charge in [0.1, 0.15) is 11.5 Å². The fraction of sp³-hybridized carbons (Fsp3) is 0.412. The third kappa shape index (κ3) is 1.67. The van der Waals surface area contributed by atoms with E-state index in [0.717, 1.165) is 29.7 Å². The first kappa shape index (κ1) is 12.6. The maximum Gasteiger partial charge on any atom is 0.146 e. The molecule has 0 unspecified atom stereocenters. The van der Waals surface area contributed by atoms with E-state index in [9.17, 15) is 0 Å². The standard InChI is InChI=1S/C17H16FN3/c1-2-16-8-4-9-17(16,18)12-21(11-16)15-7-6-13-14(20-15)5-3-10-19-13/h1,3,5-7,10H,4,8-9,11-12H2/t16-,17-/m0/s1. The van der Waals surface area contributed by atoms with E-state index in [4.69, 9.17) is 6.42 Å². The number of nitrogens with zero attached hydrogens (tertiary/aromatic N) is 3. The van der Waals surface area contributed by atoms with Crippen LogP contribution in [0.15, 0.2) is 30.5 Å². The molecule has 2 aliphatic rings. The molecule has 3 nitrogen and oxygen atoms in total. The van der Waals surface area contributed by atoms with E-state index in [-0.39, 0.29) is 0 Å². The van der Waals surface area contributed by atoms with Gasteiger partial charge in [-0.3, -0.25) is 4.98 Å². The third-order valence-corrected chi connectivity index (χ3v) is 4.98. The fourth-order valence-corrected chi connectivity index (χ4v) is 3.80. The first-order chi connectivity index (χ1) is 10.2. The van der Waals surface area contributed by atoms with Crippen LogP contribution in [0.2, 0.25) is 0 Å². The Kier molecular flexibility index (Phi) is 2.50. The Bertz CT molecular complexity index is 753. The second kappa shape index (κ2) is 4.17. The van der Waals surface area contributed by atoms with Crippen LogP contribution in [0.5, 0.6) is 0 Å². The minimum Gasteiger partial charge on any atom is -0.352 e. The van der Waals surface area contributed by atoms with Crippen molar-refractivity contribution in [2.75, 3.05) is 18.0 Å². The number of terminal acetylenes is 1. The maximum absolute atomic E-state index is 15.2. The predicted octanol–water partition coefficient (Wildman–Crippen LogP) is 2.96. The summed E-state index contributed by atoms with van der Waals surface area (Å²) in [6.07, 6.45) is 9.63. The number of aromatic nitrogens is 2. The van der Waals surface area contributed by atoms with Crippen LogP contribution in [0.25, 0.3) is 11.0 Å². The van der Waals surface area contributed by atoms with E-state index in [1.807, 2.05) is 29.2 Å². The lowest BCUT2D eigenvalue weighted by Gasteiger charge is -2.26. The summed E-state index contributed by atoms with van der Waals surface area (Å²) in [6.45, 7) is 0.898. The molecule has 1 saturated heterocycles. The van der Waals surface area contributed by atoms with Crippen molar-refractivity contribution in [2.45, 2.75) is 24.9 Å². The van der Waals surface area contributed by atoms with Crippen molar-refractivity contribution >= 4 is 16.9 Å². The number of rotatable bonds is 1. The Balaban J connectivity index is 1.73. The van der Waals surface area contributed by atoms with Crippen LogP contribution in [0, 0.1) is 17.8 Å². The highest BCUT2D eigenvalue weighted by molar-refractivity contribution is 5.76. The fourth-order valence-electron chi connectivity index (χ4n) is 3.80. The molecule has 0 aromatic carbocycles. The number of alkyl halides is 1. The molecule has 1 aliphatic heterocycles. The molecule has 0 amide bonds. The summed E-state index contributed by atoms with van der Waals surface area (Å²) in [4.78, 5) is 10.9. The van der Waals surface area contributed by atoms with Gasteiger partial charge in [-0.05, 0) is 43.5 Å². The Labute approximate surface area is 123 Å². The van der Waals surface area contributed by atoms with Crippen molar-refractivity contribution in [2.24, 2.45) is 5.41 Å². The SMILES string of the molecule is C#C[C@@]12CCC[C@]1(F)CN(c1ccc3ncccc3n1)C2. The molecule has 2 aromatic rings. The topological polar surface area (TPSA) is 29.0 Å². The summed E-state index contributed by atoms with van der Waals surface area (Å²) in [5.41, 5.74) is -0.233. The zero-order valence-electron chi connectivity index (χ0n) is 11.7. The predicted molar refractivity (Wildman–Crippen MR) is 80.7 cm³/mol.